The van der Waals surface area contributed by atoms with Gasteiger partial charge in [-0.05, 0) is 17.5 Å². The summed E-state index contributed by atoms with van der Waals surface area (Å²) in [4.78, 5) is 0. The van der Waals surface area contributed by atoms with Crippen molar-refractivity contribution in [3.8, 4) is 0 Å². The average molecular weight is 291 g/mol. The topological polar surface area (TPSA) is 12.0 Å². The third-order valence-corrected chi connectivity index (χ3v) is 4.27. The lowest BCUT2D eigenvalue weighted by molar-refractivity contribution is -0.185. The SMILES string of the molecule is FC(F)(F)[C@@]1(c2ccccc2)CNC(c2ccccc2)C1. The van der Waals surface area contributed by atoms with Crippen LogP contribution in [-0.4, -0.2) is 12.7 Å². The van der Waals surface area contributed by atoms with Gasteiger partial charge in [-0.2, -0.15) is 13.2 Å². The van der Waals surface area contributed by atoms with Crippen molar-refractivity contribution in [1.82, 2.24) is 5.32 Å². The van der Waals surface area contributed by atoms with Crippen molar-refractivity contribution >= 4 is 0 Å². The molecule has 2 aromatic carbocycles. The van der Waals surface area contributed by atoms with E-state index in [4.69, 9.17) is 0 Å². The Morgan fingerprint density at radius 3 is 2.05 bits per heavy atom. The lowest BCUT2D eigenvalue weighted by atomic mass is 9.77. The molecule has 1 aliphatic rings. The fourth-order valence-electron chi connectivity index (χ4n) is 3.07. The third kappa shape index (κ3) is 2.44. The first-order valence-electron chi connectivity index (χ1n) is 6.93. The molecule has 1 nitrogen and oxygen atoms in total. The maximum atomic E-state index is 13.8. The van der Waals surface area contributed by atoms with Crippen molar-refractivity contribution in [3.05, 3.63) is 71.8 Å². The van der Waals surface area contributed by atoms with Gasteiger partial charge in [0.15, 0.2) is 0 Å². The van der Waals surface area contributed by atoms with Gasteiger partial charge < -0.3 is 5.32 Å². The summed E-state index contributed by atoms with van der Waals surface area (Å²) in [5, 5.41) is 3.05. The summed E-state index contributed by atoms with van der Waals surface area (Å²) in [7, 11) is 0. The minimum absolute atomic E-state index is 0.0323. The van der Waals surface area contributed by atoms with E-state index in [1.54, 1.807) is 30.3 Å². The predicted octanol–water partition coefficient (Wildman–Crippen LogP) is 4.22. The summed E-state index contributed by atoms with van der Waals surface area (Å²) >= 11 is 0. The van der Waals surface area contributed by atoms with Crippen LogP contribution in [0.15, 0.2) is 60.7 Å². The molecule has 1 heterocycles. The van der Waals surface area contributed by atoms with Crippen molar-refractivity contribution in [3.63, 3.8) is 0 Å². The van der Waals surface area contributed by atoms with Gasteiger partial charge in [-0.25, -0.2) is 0 Å². The first kappa shape index (κ1) is 14.1. The molecule has 2 atom stereocenters. The first-order chi connectivity index (χ1) is 10.0. The van der Waals surface area contributed by atoms with Crippen LogP contribution >= 0.6 is 0 Å². The molecule has 0 aliphatic carbocycles. The van der Waals surface area contributed by atoms with Crippen molar-refractivity contribution in [2.45, 2.75) is 24.1 Å². The molecular formula is C17H16F3N. The van der Waals surface area contributed by atoms with E-state index in [1.807, 2.05) is 30.3 Å². The summed E-state index contributed by atoms with van der Waals surface area (Å²) in [6.07, 6.45) is -4.24. The van der Waals surface area contributed by atoms with Gasteiger partial charge >= 0.3 is 6.18 Å². The number of rotatable bonds is 2. The lowest BCUT2D eigenvalue weighted by Gasteiger charge is -2.31. The zero-order chi connectivity index (χ0) is 14.9. The normalized spacial score (nSPS) is 26.0. The van der Waals surface area contributed by atoms with Gasteiger partial charge in [-0.1, -0.05) is 60.7 Å². The van der Waals surface area contributed by atoms with Gasteiger partial charge in [-0.3, -0.25) is 0 Å². The van der Waals surface area contributed by atoms with Crippen LogP contribution in [0.25, 0.3) is 0 Å². The molecule has 1 fully saturated rings. The minimum Gasteiger partial charge on any atom is -0.309 e. The molecule has 0 radical (unpaired) electrons. The molecule has 0 aromatic heterocycles. The molecule has 1 saturated heterocycles. The Bertz CT molecular complexity index is 594. The Kier molecular flexibility index (Phi) is 3.49. The minimum atomic E-state index is -4.27. The number of hydrogen-bond acceptors (Lipinski definition) is 1. The second-order valence-electron chi connectivity index (χ2n) is 5.49. The number of halogens is 3. The predicted molar refractivity (Wildman–Crippen MR) is 76.0 cm³/mol. The Hall–Kier alpha value is -1.81. The van der Waals surface area contributed by atoms with E-state index in [9.17, 15) is 13.2 Å². The number of alkyl halides is 3. The van der Waals surface area contributed by atoms with Gasteiger partial charge in [0, 0.05) is 12.6 Å². The molecular weight excluding hydrogens is 275 g/mol. The second-order valence-corrected chi connectivity index (χ2v) is 5.49. The van der Waals surface area contributed by atoms with Crippen molar-refractivity contribution in [2.75, 3.05) is 6.54 Å². The van der Waals surface area contributed by atoms with E-state index in [0.717, 1.165) is 5.56 Å². The highest BCUT2D eigenvalue weighted by Gasteiger charge is 2.59. The standard InChI is InChI=1S/C17H16F3N/c18-17(19,20)16(14-9-5-2-6-10-14)11-15(21-12-16)13-7-3-1-4-8-13/h1-10,15,21H,11-12H2/t15?,16-/m1/s1. The van der Waals surface area contributed by atoms with E-state index in [-0.39, 0.29) is 19.0 Å². The molecule has 2 aromatic rings. The molecule has 1 unspecified atom stereocenters. The fourth-order valence-corrected chi connectivity index (χ4v) is 3.07. The molecule has 0 amide bonds. The van der Waals surface area contributed by atoms with Crippen molar-refractivity contribution in [1.29, 1.82) is 0 Å². The number of hydrogen-bond donors (Lipinski definition) is 1. The molecule has 1 aliphatic heterocycles. The summed E-state index contributed by atoms with van der Waals surface area (Å²) in [6.45, 7) is -0.0833. The molecule has 21 heavy (non-hydrogen) atoms. The Labute approximate surface area is 121 Å². The maximum Gasteiger partial charge on any atom is 0.399 e. The molecule has 4 heteroatoms. The van der Waals surface area contributed by atoms with Crippen molar-refractivity contribution < 1.29 is 13.2 Å². The van der Waals surface area contributed by atoms with Crippen molar-refractivity contribution in [2.24, 2.45) is 0 Å². The molecule has 0 saturated carbocycles. The van der Waals surface area contributed by atoms with Crippen LogP contribution in [-0.2, 0) is 5.41 Å². The largest absolute Gasteiger partial charge is 0.399 e. The Balaban J connectivity index is 1.98. The van der Waals surface area contributed by atoms with E-state index >= 15 is 0 Å². The summed E-state index contributed by atoms with van der Waals surface area (Å²) in [5.41, 5.74) is -0.572. The van der Waals surface area contributed by atoms with E-state index in [1.165, 1.54) is 0 Å². The van der Waals surface area contributed by atoms with E-state index < -0.39 is 11.6 Å². The van der Waals surface area contributed by atoms with Crippen LogP contribution in [0.1, 0.15) is 23.6 Å². The molecule has 1 N–H and O–H groups in total. The number of nitrogens with one attached hydrogen (secondary N) is 1. The van der Waals surface area contributed by atoms with Crippen LogP contribution in [0.4, 0.5) is 13.2 Å². The van der Waals surface area contributed by atoms with Crippen LogP contribution in [0.3, 0.4) is 0 Å². The maximum absolute atomic E-state index is 13.8. The zero-order valence-corrected chi connectivity index (χ0v) is 11.4. The summed E-state index contributed by atoms with van der Waals surface area (Å²) in [6, 6.07) is 17.3. The molecule has 3 rings (SSSR count). The number of benzene rings is 2. The average Bonchev–Trinajstić information content (AvgIpc) is 2.95. The summed E-state index contributed by atoms with van der Waals surface area (Å²) < 4.78 is 41.3. The quantitative estimate of drug-likeness (QED) is 0.873. The smallest absolute Gasteiger partial charge is 0.309 e. The zero-order valence-electron chi connectivity index (χ0n) is 11.4. The Morgan fingerprint density at radius 1 is 0.905 bits per heavy atom. The molecule has 0 bridgehead atoms. The Morgan fingerprint density at radius 2 is 1.48 bits per heavy atom. The highest BCUT2D eigenvalue weighted by atomic mass is 19.4. The van der Waals surface area contributed by atoms with E-state index in [2.05, 4.69) is 5.32 Å². The van der Waals surface area contributed by atoms with Gasteiger partial charge in [0.25, 0.3) is 0 Å². The van der Waals surface area contributed by atoms with Crippen LogP contribution in [0, 0.1) is 0 Å². The fraction of sp³-hybridized carbons (Fsp3) is 0.294. The second kappa shape index (κ2) is 5.19. The van der Waals surface area contributed by atoms with Gasteiger partial charge in [0.05, 0.1) is 0 Å². The monoisotopic (exact) mass is 291 g/mol. The van der Waals surface area contributed by atoms with Gasteiger partial charge in [0.2, 0.25) is 0 Å². The van der Waals surface area contributed by atoms with Gasteiger partial charge in [-0.15, -0.1) is 0 Å². The molecule has 0 spiro atoms. The summed E-state index contributed by atoms with van der Waals surface area (Å²) in [5.74, 6) is 0. The molecule has 110 valence electrons. The first-order valence-corrected chi connectivity index (χ1v) is 6.93. The van der Waals surface area contributed by atoms with Crippen LogP contribution < -0.4 is 5.32 Å². The van der Waals surface area contributed by atoms with Crippen LogP contribution in [0.5, 0.6) is 0 Å². The van der Waals surface area contributed by atoms with E-state index in [0.29, 0.717) is 5.56 Å². The third-order valence-electron chi connectivity index (χ3n) is 4.27. The highest BCUT2D eigenvalue weighted by molar-refractivity contribution is 5.33. The van der Waals surface area contributed by atoms with Crippen LogP contribution in [0.2, 0.25) is 0 Å². The van der Waals surface area contributed by atoms with Gasteiger partial charge in [0.1, 0.15) is 5.41 Å². The highest BCUT2D eigenvalue weighted by Crippen LogP contribution is 2.49. The lowest BCUT2D eigenvalue weighted by Crippen LogP contribution is -2.44.